The van der Waals surface area contributed by atoms with Crippen LogP contribution in [0.2, 0.25) is 0 Å². The summed E-state index contributed by atoms with van der Waals surface area (Å²) in [5, 5.41) is 0. The molecule has 0 aromatic rings. The highest BCUT2D eigenvalue weighted by molar-refractivity contribution is 5.99. The van der Waals surface area contributed by atoms with Crippen molar-refractivity contribution in [3.63, 3.8) is 0 Å². The molecule has 0 unspecified atom stereocenters. The fourth-order valence-corrected chi connectivity index (χ4v) is 1.41. The molecule has 0 atom stereocenters. The van der Waals surface area contributed by atoms with Crippen molar-refractivity contribution in [2.24, 2.45) is 16.6 Å². The number of aliphatic imine (C=N–C) groups is 1. The summed E-state index contributed by atoms with van der Waals surface area (Å²) in [7, 11) is 0. The van der Waals surface area contributed by atoms with Crippen molar-refractivity contribution in [2.45, 2.75) is 13.8 Å². The third-order valence-corrected chi connectivity index (χ3v) is 2.13. The van der Waals surface area contributed by atoms with Crippen molar-refractivity contribution < 1.29 is 4.79 Å². The van der Waals surface area contributed by atoms with E-state index in [1.165, 1.54) is 6.20 Å². The first-order valence-corrected chi connectivity index (χ1v) is 4.85. The quantitative estimate of drug-likeness (QED) is 0.693. The zero-order valence-electron chi connectivity index (χ0n) is 8.73. The molecule has 0 radical (unpaired) electrons. The lowest BCUT2D eigenvalue weighted by Crippen LogP contribution is -2.42. The lowest BCUT2D eigenvalue weighted by molar-refractivity contribution is -0.133. The smallest absolute Gasteiger partial charge is 0.225 e. The summed E-state index contributed by atoms with van der Waals surface area (Å²) in [6.07, 6.45) is 3.21. The minimum atomic E-state index is 0.0520. The van der Waals surface area contributed by atoms with E-state index >= 15 is 0 Å². The molecule has 1 aliphatic heterocycles. The summed E-state index contributed by atoms with van der Waals surface area (Å²) in [4.78, 5) is 17.8. The number of nitrogens with zero attached hydrogens (tertiary/aromatic N) is 2. The van der Waals surface area contributed by atoms with Crippen molar-refractivity contribution in [3.05, 3.63) is 12.3 Å². The van der Waals surface area contributed by atoms with Gasteiger partial charge in [-0.05, 0) is 12.3 Å². The van der Waals surface area contributed by atoms with E-state index in [4.69, 9.17) is 5.73 Å². The average molecular weight is 195 g/mol. The van der Waals surface area contributed by atoms with Gasteiger partial charge < -0.3 is 10.6 Å². The van der Waals surface area contributed by atoms with Gasteiger partial charge in [-0.3, -0.25) is 9.79 Å². The van der Waals surface area contributed by atoms with Crippen LogP contribution in [-0.2, 0) is 4.79 Å². The highest BCUT2D eigenvalue weighted by atomic mass is 16.2. The molecule has 1 heterocycles. The van der Waals surface area contributed by atoms with Crippen molar-refractivity contribution in [2.75, 3.05) is 19.6 Å². The van der Waals surface area contributed by atoms with Crippen molar-refractivity contribution in [3.8, 4) is 0 Å². The molecule has 0 aromatic heterocycles. The first-order valence-electron chi connectivity index (χ1n) is 4.85. The lowest BCUT2D eigenvalue weighted by Gasteiger charge is -2.27. The molecular weight excluding hydrogens is 178 g/mol. The van der Waals surface area contributed by atoms with Gasteiger partial charge in [-0.1, -0.05) is 13.8 Å². The normalized spacial score (nSPS) is 17.6. The summed E-state index contributed by atoms with van der Waals surface area (Å²) >= 11 is 0. The number of amides is 1. The van der Waals surface area contributed by atoms with Gasteiger partial charge in [-0.15, -0.1) is 0 Å². The maximum Gasteiger partial charge on any atom is 0.225 e. The molecule has 2 N–H and O–H groups in total. The number of rotatable bonds is 2. The van der Waals surface area contributed by atoms with E-state index in [0.717, 1.165) is 12.3 Å². The minimum absolute atomic E-state index is 0.0520. The van der Waals surface area contributed by atoms with E-state index < -0.39 is 0 Å². The van der Waals surface area contributed by atoms with E-state index in [-0.39, 0.29) is 11.8 Å². The standard InChI is InChI=1S/C10H17N3O/c1-8(2)10(14)13-6-5-12-9(7-13)3-4-11/h3-4,8H,5-7,11H2,1-2H3. The summed E-state index contributed by atoms with van der Waals surface area (Å²) in [5.41, 5.74) is 6.16. The zero-order valence-corrected chi connectivity index (χ0v) is 8.73. The van der Waals surface area contributed by atoms with Crippen LogP contribution in [0.5, 0.6) is 0 Å². The van der Waals surface area contributed by atoms with E-state index in [0.29, 0.717) is 13.1 Å². The van der Waals surface area contributed by atoms with Crippen LogP contribution >= 0.6 is 0 Å². The maximum atomic E-state index is 11.7. The van der Waals surface area contributed by atoms with Crippen LogP contribution in [0.1, 0.15) is 13.8 Å². The van der Waals surface area contributed by atoms with Crippen molar-refractivity contribution >= 4 is 11.6 Å². The molecule has 1 amide bonds. The molecule has 0 spiro atoms. The van der Waals surface area contributed by atoms with E-state index in [9.17, 15) is 4.79 Å². The lowest BCUT2D eigenvalue weighted by atomic mass is 10.1. The molecule has 14 heavy (non-hydrogen) atoms. The average Bonchev–Trinajstić information content (AvgIpc) is 2.17. The van der Waals surface area contributed by atoms with Gasteiger partial charge in [0.05, 0.1) is 18.8 Å². The summed E-state index contributed by atoms with van der Waals surface area (Å²) in [5.74, 6) is 0.235. The van der Waals surface area contributed by atoms with Gasteiger partial charge in [-0.25, -0.2) is 0 Å². The van der Waals surface area contributed by atoms with Crippen LogP contribution in [0.4, 0.5) is 0 Å². The van der Waals surface area contributed by atoms with E-state index in [1.54, 1.807) is 6.08 Å². The van der Waals surface area contributed by atoms with Crippen molar-refractivity contribution in [1.82, 2.24) is 4.90 Å². The monoisotopic (exact) mass is 195 g/mol. The Morgan fingerprint density at radius 1 is 1.64 bits per heavy atom. The number of carbonyl (C=O) groups is 1. The van der Waals surface area contributed by atoms with Crippen LogP contribution in [0.3, 0.4) is 0 Å². The van der Waals surface area contributed by atoms with Crippen LogP contribution in [0, 0.1) is 5.92 Å². The number of hydrogen-bond acceptors (Lipinski definition) is 3. The van der Waals surface area contributed by atoms with Gasteiger partial charge in [0.25, 0.3) is 0 Å². The first-order chi connectivity index (χ1) is 6.65. The molecule has 1 aliphatic rings. The fraction of sp³-hybridized carbons (Fsp3) is 0.600. The Morgan fingerprint density at radius 3 is 2.93 bits per heavy atom. The van der Waals surface area contributed by atoms with Crippen LogP contribution in [-0.4, -0.2) is 36.2 Å². The highest BCUT2D eigenvalue weighted by Gasteiger charge is 2.19. The predicted octanol–water partition coefficient (Wildman–Crippen LogP) is 0.398. The third kappa shape index (κ3) is 2.58. The fourth-order valence-electron chi connectivity index (χ4n) is 1.41. The highest BCUT2D eigenvalue weighted by Crippen LogP contribution is 2.05. The molecule has 78 valence electrons. The summed E-state index contributed by atoms with van der Waals surface area (Å²) in [6, 6.07) is 0. The van der Waals surface area contributed by atoms with Crippen LogP contribution in [0.25, 0.3) is 0 Å². The third-order valence-electron chi connectivity index (χ3n) is 2.13. The molecule has 1 rings (SSSR count). The van der Waals surface area contributed by atoms with Crippen LogP contribution < -0.4 is 5.73 Å². The second kappa shape index (κ2) is 4.79. The van der Waals surface area contributed by atoms with Gasteiger partial charge in [0.2, 0.25) is 5.91 Å². The molecule has 0 fully saturated rings. The van der Waals surface area contributed by atoms with Crippen molar-refractivity contribution in [1.29, 1.82) is 0 Å². The molecule has 0 aliphatic carbocycles. The molecule has 0 saturated carbocycles. The maximum absolute atomic E-state index is 11.7. The number of nitrogens with two attached hydrogens (primary N) is 1. The zero-order chi connectivity index (χ0) is 10.6. The molecular formula is C10H17N3O. The van der Waals surface area contributed by atoms with Crippen LogP contribution in [0.15, 0.2) is 17.3 Å². The summed E-state index contributed by atoms with van der Waals surface area (Å²) < 4.78 is 0. The molecule has 4 heteroatoms. The second-order valence-corrected chi connectivity index (χ2v) is 3.65. The second-order valence-electron chi connectivity index (χ2n) is 3.65. The Balaban J connectivity index is 2.61. The Kier molecular flexibility index (Phi) is 3.68. The topological polar surface area (TPSA) is 58.7 Å². The van der Waals surface area contributed by atoms with Gasteiger partial charge in [0, 0.05) is 12.5 Å². The van der Waals surface area contributed by atoms with Gasteiger partial charge in [0.1, 0.15) is 0 Å². The molecule has 0 aromatic carbocycles. The Hall–Kier alpha value is -1.32. The minimum Gasteiger partial charge on any atom is -0.405 e. The molecule has 4 nitrogen and oxygen atoms in total. The summed E-state index contributed by atoms with van der Waals surface area (Å²) in [6.45, 7) is 5.81. The SMILES string of the molecule is CC(C)C(=O)N1CCN=C(C=CN)C1. The van der Waals surface area contributed by atoms with Gasteiger partial charge >= 0.3 is 0 Å². The number of carbonyl (C=O) groups excluding carboxylic acids is 1. The van der Waals surface area contributed by atoms with E-state index in [1.807, 2.05) is 18.7 Å². The van der Waals surface area contributed by atoms with Gasteiger partial charge in [-0.2, -0.15) is 0 Å². The molecule has 0 bridgehead atoms. The Bertz CT molecular complexity index is 269. The van der Waals surface area contributed by atoms with E-state index in [2.05, 4.69) is 4.99 Å². The van der Waals surface area contributed by atoms with Gasteiger partial charge in [0.15, 0.2) is 0 Å². The first kappa shape index (κ1) is 10.8. The Morgan fingerprint density at radius 2 is 2.36 bits per heavy atom. The number of hydrogen-bond donors (Lipinski definition) is 1. The largest absolute Gasteiger partial charge is 0.405 e. The Labute approximate surface area is 84.5 Å². The molecule has 0 saturated heterocycles. The predicted molar refractivity (Wildman–Crippen MR) is 57.0 cm³/mol.